The molecule has 0 spiro atoms. The molecule has 6 nitrogen and oxygen atoms in total. The first-order valence-electron chi connectivity index (χ1n) is 9.20. The first-order chi connectivity index (χ1) is 13.3. The van der Waals surface area contributed by atoms with Gasteiger partial charge in [0.1, 0.15) is 0 Å². The van der Waals surface area contributed by atoms with E-state index in [9.17, 15) is 9.59 Å². The van der Waals surface area contributed by atoms with E-state index in [0.717, 1.165) is 11.1 Å². The van der Waals surface area contributed by atoms with E-state index in [1.165, 1.54) is 18.7 Å². The molecule has 0 aliphatic heterocycles. The summed E-state index contributed by atoms with van der Waals surface area (Å²) in [5.74, 6) is 0.0120. The number of carbonyl (C=O) groups excluding carboxylic acids is 2. The highest BCUT2D eigenvalue weighted by atomic mass is 16.5. The van der Waals surface area contributed by atoms with Crippen molar-refractivity contribution in [3.63, 3.8) is 0 Å². The maximum absolute atomic E-state index is 12.2. The minimum atomic E-state index is -0.602. The molecular formula is C22H27NO5. The summed E-state index contributed by atoms with van der Waals surface area (Å²) in [6, 6.07) is 10.6. The van der Waals surface area contributed by atoms with Crippen LogP contribution in [-0.2, 0) is 9.53 Å². The highest BCUT2D eigenvalue weighted by molar-refractivity contribution is 5.92. The summed E-state index contributed by atoms with van der Waals surface area (Å²) in [7, 11) is 1.49. The fourth-order valence-electron chi connectivity index (χ4n) is 2.68. The first-order valence-corrected chi connectivity index (χ1v) is 9.20. The molecule has 1 atom stereocenters. The summed E-state index contributed by atoms with van der Waals surface area (Å²) in [4.78, 5) is 24.4. The van der Waals surface area contributed by atoms with E-state index in [1.807, 2.05) is 45.9 Å². The van der Waals surface area contributed by atoms with E-state index in [4.69, 9.17) is 14.2 Å². The standard InChI is InChI=1S/C22H27NO5/c1-6-27-19-10-9-18(12-20(19)26-5)22(25)28-13-21(24)23-16(4)17-8-7-14(2)15(3)11-17/h7-12,16H,6,13H2,1-5H3,(H,23,24)/t16-/m0/s1. The van der Waals surface area contributed by atoms with Crippen LogP contribution in [0.3, 0.4) is 0 Å². The van der Waals surface area contributed by atoms with Gasteiger partial charge in [0, 0.05) is 0 Å². The van der Waals surface area contributed by atoms with Crippen LogP contribution in [0.1, 0.15) is 46.9 Å². The minimum Gasteiger partial charge on any atom is -0.493 e. The molecule has 0 aliphatic carbocycles. The number of hydrogen-bond acceptors (Lipinski definition) is 5. The van der Waals surface area contributed by atoms with Crippen LogP contribution in [0, 0.1) is 13.8 Å². The van der Waals surface area contributed by atoms with Crippen LogP contribution in [0.5, 0.6) is 11.5 Å². The van der Waals surface area contributed by atoms with E-state index < -0.39 is 5.97 Å². The van der Waals surface area contributed by atoms with Gasteiger partial charge in [-0.15, -0.1) is 0 Å². The lowest BCUT2D eigenvalue weighted by Gasteiger charge is -2.16. The van der Waals surface area contributed by atoms with Gasteiger partial charge in [0.25, 0.3) is 5.91 Å². The van der Waals surface area contributed by atoms with E-state index >= 15 is 0 Å². The minimum absolute atomic E-state index is 0.184. The Bertz CT molecular complexity index is 847. The molecule has 0 aliphatic rings. The van der Waals surface area contributed by atoms with Gasteiger partial charge >= 0.3 is 5.97 Å². The third-order valence-electron chi connectivity index (χ3n) is 4.44. The van der Waals surface area contributed by atoms with Gasteiger partial charge in [-0.1, -0.05) is 18.2 Å². The topological polar surface area (TPSA) is 73.9 Å². The van der Waals surface area contributed by atoms with Gasteiger partial charge in [-0.2, -0.15) is 0 Å². The zero-order chi connectivity index (χ0) is 20.7. The lowest BCUT2D eigenvalue weighted by atomic mass is 10.0. The highest BCUT2D eigenvalue weighted by Gasteiger charge is 2.15. The van der Waals surface area contributed by atoms with E-state index in [1.54, 1.807) is 12.1 Å². The molecule has 28 heavy (non-hydrogen) atoms. The van der Waals surface area contributed by atoms with Gasteiger partial charge in [0.15, 0.2) is 18.1 Å². The number of aryl methyl sites for hydroxylation is 2. The molecule has 1 N–H and O–H groups in total. The van der Waals surface area contributed by atoms with Crippen molar-refractivity contribution in [2.75, 3.05) is 20.3 Å². The molecule has 150 valence electrons. The molecule has 0 fully saturated rings. The van der Waals surface area contributed by atoms with Crippen molar-refractivity contribution in [2.45, 2.75) is 33.7 Å². The summed E-state index contributed by atoms with van der Waals surface area (Å²) in [5, 5.41) is 2.84. The van der Waals surface area contributed by atoms with Crippen LogP contribution < -0.4 is 14.8 Å². The fourth-order valence-corrected chi connectivity index (χ4v) is 2.68. The van der Waals surface area contributed by atoms with Gasteiger partial charge in [0.05, 0.1) is 25.3 Å². The first kappa shape index (κ1) is 21.3. The normalized spacial score (nSPS) is 11.5. The quantitative estimate of drug-likeness (QED) is 0.701. The van der Waals surface area contributed by atoms with E-state index in [0.29, 0.717) is 18.1 Å². The number of nitrogens with one attached hydrogen (secondary N) is 1. The molecular weight excluding hydrogens is 358 g/mol. The smallest absolute Gasteiger partial charge is 0.338 e. The molecule has 0 aromatic heterocycles. The Morgan fingerprint density at radius 1 is 1.04 bits per heavy atom. The van der Waals surface area contributed by atoms with Crippen LogP contribution in [0.2, 0.25) is 0 Å². The number of ether oxygens (including phenoxy) is 3. The van der Waals surface area contributed by atoms with Crippen molar-refractivity contribution in [3.05, 3.63) is 58.7 Å². The number of amides is 1. The van der Waals surface area contributed by atoms with Crippen molar-refractivity contribution >= 4 is 11.9 Å². The van der Waals surface area contributed by atoms with Crippen molar-refractivity contribution in [1.29, 1.82) is 0 Å². The van der Waals surface area contributed by atoms with Crippen molar-refractivity contribution < 1.29 is 23.8 Å². The SMILES string of the molecule is CCOc1ccc(C(=O)OCC(=O)N[C@@H](C)c2ccc(C)c(C)c2)cc1OC. The van der Waals surface area contributed by atoms with Gasteiger partial charge in [0.2, 0.25) is 0 Å². The number of hydrogen-bond donors (Lipinski definition) is 1. The Kier molecular flexibility index (Phi) is 7.44. The number of rotatable bonds is 8. The second kappa shape index (κ2) is 9.78. The van der Waals surface area contributed by atoms with Gasteiger partial charge < -0.3 is 19.5 Å². The van der Waals surface area contributed by atoms with Crippen LogP contribution in [0.4, 0.5) is 0 Å². The highest BCUT2D eigenvalue weighted by Crippen LogP contribution is 2.28. The molecule has 6 heteroatoms. The average molecular weight is 385 g/mol. The predicted molar refractivity (Wildman–Crippen MR) is 107 cm³/mol. The maximum Gasteiger partial charge on any atom is 0.338 e. The van der Waals surface area contributed by atoms with Gasteiger partial charge in [-0.3, -0.25) is 4.79 Å². The van der Waals surface area contributed by atoms with Crippen LogP contribution in [0.15, 0.2) is 36.4 Å². The predicted octanol–water partition coefficient (Wildman–Crippen LogP) is 3.74. The Balaban J connectivity index is 1.93. The summed E-state index contributed by atoms with van der Waals surface area (Å²) in [6.45, 7) is 7.95. The molecule has 1 amide bonds. The Hall–Kier alpha value is -3.02. The second-order valence-electron chi connectivity index (χ2n) is 6.51. The number of methoxy groups -OCH3 is 1. The number of esters is 1. The third-order valence-corrected chi connectivity index (χ3v) is 4.44. The molecule has 2 rings (SSSR count). The number of carbonyl (C=O) groups is 2. The van der Waals surface area contributed by atoms with Crippen LogP contribution >= 0.6 is 0 Å². The Labute approximate surface area is 165 Å². The van der Waals surface area contributed by atoms with Crippen molar-refractivity contribution in [1.82, 2.24) is 5.32 Å². The van der Waals surface area contributed by atoms with Crippen molar-refractivity contribution in [2.24, 2.45) is 0 Å². The average Bonchev–Trinajstić information content (AvgIpc) is 2.68. The zero-order valence-electron chi connectivity index (χ0n) is 17.0. The molecule has 0 radical (unpaired) electrons. The molecule has 0 unspecified atom stereocenters. The molecule has 0 saturated carbocycles. The van der Waals surface area contributed by atoms with Crippen LogP contribution in [-0.4, -0.2) is 32.2 Å². The lowest BCUT2D eigenvalue weighted by Crippen LogP contribution is -2.31. The van der Waals surface area contributed by atoms with Crippen LogP contribution in [0.25, 0.3) is 0 Å². The Morgan fingerprint density at radius 2 is 1.79 bits per heavy atom. The molecule has 0 saturated heterocycles. The monoisotopic (exact) mass is 385 g/mol. The fraction of sp³-hybridized carbons (Fsp3) is 0.364. The summed E-state index contributed by atoms with van der Waals surface area (Å²) >= 11 is 0. The molecule has 2 aromatic carbocycles. The van der Waals surface area contributed by atoms with Gasteiger partial charge in [-0.25, -0.2) is 4.79 Å². The van der Waals surface area contributed by atoms with E-state index in [2.05, 4.69) is 5.32 Å². The lowest BCUT2D eigenvalue weighted by molar-refractivity contribution is -0.124. The van der Waals surface area contributed by atoms with E-state index in [-0.39, 0.29) is 24.1 Å². The largest absolute Gasteiger partial charge is 0.493 e. The summed E-state index contributed by atoms with van der Waals surface area (Å²) in [6.07, 6.45) is 0. The maximum atomic E-state index is 12.2. The molecule has 2 aromatic rings. The third kappa shape index (κ3) is 5.49. The summed E-state index contributed by atoms with van der Waals surface area (Å²) < 4.78 is 15.8. The number of benzene rings is 2. The molecule has 0 bridgehead atoms. The Morgan fingerprint density at radius 3 is 2.43 bits per heavy atom. The van der Waals surface area contributed by atoms with Crippen molar-refractivity contribution in [3.8, 4) is 11.5 Å². The summed E-state index contributed by atoms with van der Waals surface area (Å²) in [5.41, 5.74) is 3.64. The zero-order valence-corrected chi connectivity index (χ0v) is 17.0. The van der Waals surface area contributed by atoms with Gasteiger partial charge in [-0.05, 0) is 62.6 Å². The second-order valence-corrected chi connectivity index (χ2v) is 6.51. The molecule has 0 heterocycles.